The summed E-state index contributed by atoms with van der Waals surface area (Å²) in [6, 6.07) is 10.3. The summed E-state index contributed by atoms with van der Waals surface area (Å²) >= 11 is 1.40. The number of hydrogen-bond acceptors (Lipinski definition) is 5. The fourth-order valence-electron chi connectivity index (χ4n) is 4.34. The van der Waals surface area contributed by atoms with E-state index in [0.29, 0.717) is 11.5 Å². The molecule has 4 rings (SSSR count). The number of aromatic carboxylic acids is 1. The summed E-state index contributed by atoms with van der Waals surface area (Å²) in [4.78, 5) is 26.0. The van der Waals surface area contributed by atoms with E-state index in [-0.39, 0.29) is 6.61 Å². The summed E-state index contributed by atoms with van der Waals surface area (Å²) < 4.78 is 5.17. The van der Waals surface area contributed by atoms with Crippen molar-refractivity contribution in [2.24, 2.45) is 0 Å². The van der Waals surface area contributed by atoms with Crippen LogP contribution in [0, 0.1) is 0 Å². The van der Waals surface area contributed by atoms with Crippen LogP contribution < -0.4 is 0 Å². The molecule has 2 aromatic rings. The summed E-state index contributed by atoms with van der Waals surface area (Å²) in [5, 5.41) is 18.2. The molecule has 0 radical (unpaired) electrons. The van der Waals surface area contributed by atoms with Gasteiger partial charge in [0.15, 0.2) is 0 Å². The summed E-state index contributed by atoms with van der Waals surface area (Å²) in [5.41, 5.74) is 6.26. The molecule has 2 N–H and O–H groups in total. The zero-order valence-corrected chi connectivity index (χ0v) is 17.5. The van der Waals surface area contributed by atoms with E-state index in [1.54, 1.807) is 0 Å². The molecule has 30 heavy (non-hydrogen) atoms. The molecule has 2 aliphatic rings. The standard InChI is InChI=1S/C23H25NO5S/c25-21(26)14-29-12-11-24-9-7-16(8-10-24)22-17-4-2-1-3-15(17)5-6-19-18(22)13-20(30-19)23(27)28/h1-4,13H,5-12,14H2,(H,25,26)(H,27,28). The number of carbonyl (C=O) groups is 2. The molecule has 1 saturated heterocycles. The first-order chi connectivity index (χ1) is 14.5. The van der Waals surface area contributed by atoms with Crippen LogP contribution in [0.1, 0.15) is 44.1 Å². The largest absolute Gasteiger partial charge is 0.480 e. The highest BCUT2D eigenvalue weighted by Crippen LogP contribution is 2.41. The maximum absolute atomic E-state index is 11.6. The molecule has 158 valence electrons. The number of fused-ring (bicyclic) bond motifs is 2. The lowest BCUT2D eigenvalue weighted by Crippen LogP contribution is -2.34. The zero-order chi connectivity index (χ0) is 21.1. The van der Waals surface area contributed by atoms with Crippen molar-refractivity contribution in [3.05, 3.63) is 62.3 Å². The maximum Gasteiger partial charge on any atom is 0.345 e. The van der Waals surface area contributed by atoms with Crippen molar-refractivity contribution in [2.45, 2.75) is 25.7 Å². The van der Waals surface area contributed by atoms with E-state index >= 15 is 0 Å². The van der Waals surface area contributed by atoms with Gasteiger partial charge in [0, 0.05) is 24.5 Å². The molecule has 0 amide bonds. The highest BCUT2D eigenvalue weighted by molar-refractivity contribution is 7.14. The normalized spacial score (nSPS) is 16.7. The number of likely N-dealkylation sites (tertiary alicyclic amines) is 1. The first kappa shape index (κ1) is 20.8. The Kier molecular flexibility index (Phi) is 6.32. The minimum absolute atomic E-state index is 0.257. The average Bonchev–Trinajstić information content (AvgIpc) is 3.09. The number of hydrogen-bond donors (Lipinski definition) is 2. The summed E-state index contributed by atoms with van der Waals surface area (Å²) in [7, 11) is 0. The van der Waals surface area contributed by atoms with E-state index in [2.05, 4.69) is 29.2 Å². The molecule has 0 bridgehead atoms. The first-order valence-corrected chi connectivity index (χ1v) is 11.0. The fraction of sp³-hybridized carbons (Fsp3) is 0.391. The molecule has 0 unspecified atom stereocenters. The monoisotopic (exact) mass is 427 g/mol. The number of benzene rings is 1. The molecule has 2 heterocycles. The quantitative estimate of drug-likeness (QED) is 0.686. The third kappa shape index (κ3) is 4.48. The van der Waals surface area contributed by atoms with Crippen molar-refractivity contribution in [3.63, 3.8) is 0 Å². The Morgan fingerprint density at radius 3 is 2.53 bits per heavy atom. The van der Waals surface area contributed by atoms with Gasteiger partial charge in [-0.15, -0.1) is 11.3 Å². The van der Waals surface area contributed by atoms with Crippen molar-refractivity contribution in [2.75, 3.05) is 32.8 Å². The van der Waals surface area contributed by atoms with Gasteiger partial charge in [-0.1, -0.05) is 29.8 Å². The van der Waals surface area contributed by atoms with Crippen LogP contribution in [0.4, 0.5) is 0 Å². The molecule has 0 saturated carbocycles. The van der Waals surface area contributed by atoms with Gasteiger partial charge in [-0.25, -0.2) is 9.59 Å². The smallest absolute Gasteiger partial charge is 0.345 e. The Bertz CT molecular complexity index is 983. The lowest BCUT2D eigenvalue weighted by molar-refractivity contribution is -0.142. The van der Waals surface area contributed by atoms with Crippen molar-refractivity contribution >= 4 is 28.8 Å². The third-order valence-corrected chi connectivity index (χ3v) is 6.97. The fourth-order valence-corrected chi connectivity index (χ4v) is 5.34. The lowest BCUT2D eigenvalue weighted by Gasteiger charge is -2.30. The Hall–Kier alpha value is -2.48. The predicted molar refractivity (Wildman–Crippen MR) is 115 cm³/mol. The highest BCUT2D eigenvalue weighted by Gasteiger charge is 2.26. The van der Waals surface area contributed by atoms with E-state index < -0.39 is 11.9 Å². The van der Waals surface area contributed by atoms with Crippen LogP contribution in [0.3, 0.4) is 0 Å². The van der Waals surface area contributed by atoms with E-state index in [1.807, 2.05) is 6.07 Å². The molecule has 1 fully saturated rings. The van der Waals surface area contributed by atoms with Gasteiger partial charge in [0.05, 0.1) is 6.61 Å². The molecule has 1 aliphatic heterocycles. The molecule has 0 atom stereocenters. The van der Waals surface area contributed by atoms with E-state index in [0.717, 1.165) is 55.8 Å². The molecule has 0 spiro atoms. The van der Waals surface area contributed by atoms with Gasteiger partial charge in [-0.2, -0.15) is 0 Å². The Morgan fingerprint density at radius 2 is 1.80 bits per heavy atom. The Labute approximate surface area is 179 Å². The number of aliphatic carboxylic acids is 1. The highest BCUT2D eigenvalue weighted by atomic mass is 32.1. The van der Waals surface area contributed by atoms with Crippen LogP contribution in [0.15, 0.2) is 35.9 Å². The molecule has 1 aromatic heterocycles. The number of nitrogens with zero attached hydrogens (tertiary/aromatic N) is 1. The lowest BCUT2D eigenvalue weighted by atomic mass is 9.87. The number of carboxylic acids is 2. The number of aryl methyl sites for hydroxylation is 2. The SMILES string of the molecule is O=C(O)COCCN1CCC(=C2c3ccccc3CCc3sc(C(=O)O)cc32)CC1. The van der Waals surface area contributed by atoms with Gasteiger partial charge < -0.3 is 19.8 Å². The van der Waals surface area contributed by atoms with E-state index in [4.69, 9.17) is 9.84 Å². The number of carboxylic acid groups (broad SMARTS) is 2. The molecule has 1 aromatic carbocycles. The first-order valence-electron chi connectivity index (χ1n) is 10.2. The number of thiophene rings is 1. The average molecular weight is 428 g/mol. The van der Waals surface area contributed by atoms with Gasteiger partial charge >= 0.3 is 11.9 Å². The number of piperidine rings is 1. The van der Waals surface area contributed by atoms with Gasteiger partial charge in [-0.05, 0) is 54.0 Å². The number of ether oxygens (including phenoxy) is 1. The van der Waals surface area contributed by atoms with Crippen LogP contribution in [-0.4, -0.2) is 59.9 Å². The molecule has 6 nitrogen and oxygen atoms in total. The van der Waals surface area contributed by atoms with Crippen molar-refractivity contribution < 1.29 is 24.5 Å². The van der Waals surface area contributed by atoms with Gasteiger partial charge in [0.1, 0.15) is 11.5 Å². The van der Waals surface area contributed by atoms with E-state index in [9.17, 15) is 14.7 Å². The van der Waals surface area contributed by atoms with Crippen LogP contribution in [0.25, 0.3) is 5.57 Å². The molecular weight excluding hydrogens is 402 g/mol. The van der Waals surface area contributed by atoms with Crippen LogP contribution >= 0.6 is 11.3 Å². The van der Waals surface area contributed by atoms with Gasteiger partial charge in [0.2, 0.25) is 0 Å². The zero-order valence-electron chi connectivity index (χ0n) is 16.7. The second-order valence-corrected chi connectivity index (χ2v) is 8.81. The van der Waals surface area contributed by atoms with Crippen molar-refractivity contribution in [1.29, 1.82) is 0 Å². The minimum Gasteiger partial charge on any atom is -0.480 e. The summed E-state index contributed by atoms with van der Waals surface area (Å²) in [5.74, 6) is -1.80. The van der Waals surface area contributed by atoms with Crippen molar-refractivity contribution in [3.8, 4) is 0 Å². The van der Waals surface area contributed by atoms with Crippen LogP contribution in [-0.2, 0) is 22.4 Å². The van der Waals surface area contributed by atoms with Crippen molar-refractivity contribution in [1.82, 2.24) is 4.90 Å². The second kappa shape index (κ2) is 9.12. The molecular formula is C23H25NO5S. The van der Waals surface area contributed by atoms with Crippen LogP contribution in [0.5, 0.6) is 0 Å². The van der Waals surface area contributed by atoms with Gasteiger partial charge in [0.25, 0.3) is 0 Å². The molecule has 1 aliphatic carbocycles. The minimum atomic E-state index is -0.944. The molecule has 7 heteroatoms. The van der Waals surface area contributed by atoms with Crippen LogP contribution in [0.2, 0.25) is 0 Å². The predicted octanol–water partition coefficient (Wildman–Crippen LogP) is 3.54. The third-order valence-electron chi connectivity index (χ3n) is 5.79. The maximum atomic E-state index is 11.6. The van der Waals surface area contributed by atoms with Gasteiger partial charge in [-0.3, -0.25) is 0 Å². The Balaban J connectivity index is 1.59. The summed E-state index contributed by atoms with van der Waals surface area (Å²) in [6.45, 7) is 2.66. The Morgan fingerprint density at radius 1 is 1.03 bits per heavy atom. The summed E-state index contributed by atoms with van der Waals surface area (Å²) in [6.07, 6.45) is 3.63. The van der Waals surface area contributed by atoms with E-state index in [1.165, 1.54) is 33.6 Å². The topological polar surface area (TPSA) is 87.1 Å². The number of rotatable bonds is 6. The second-order valence-electron chi connectivity index (χ2n) is 7.68.